The van der Waals surface area contributed by atoms with Crippen LogP contribution in [0.25, 0.3) is 22.4 Å². The Morgan fingerprint density at radius 1 is 1.09 bits per heavy atom. The lowest BCUT2D eigenvalue weighted by Crippen LogP contribution is -2.33. The maximum absolute atomic E-state index is 12.8. The van der Waals surface area contributed by atoms with Crippen molar-refractivity contribution < 1.29 is 27.9 Å². The average molecular weight is 624 g/mol. The highest BCUT2D eigenvalue weighted by molar-refractivity contribution is 7.90. The minimum absolute atomic E-state index is 0.0348. The number of anilines is 2. The number of hydrogen-bond acceptors (Lipinski definition) is 9. The summed E-state index contributed by atoms with van der Waals surface area (Å²) in [6, 6.07) is 11.3. The molecule has 1 unspecified atom stereocenters. The lowest BCUT2D eigenvalue weighted by atomic mass is 10.0. The van der Waals surface area contributed by atoms with E-state index in [0.29, 0.717) is 28.6 Å². The molecule has 0 radical (unpaired) electrons. The van der Waals surface area contributed by atoms with Crippen LogP contribution >= 0.6 is 11.3 Å². The summed E-state index contributed by atoms with van der Waals surface area (Å²) < 4.78 is 23.1. The molecule has 226 valence electrons. The number of carboxylic acids is 1. The zero-order valence-corrected chi connectivity index (χ0v) is 25.9. The molecule has 3 aromatic rings. The Morgan fingerprint density at radius 2 is 1.81 bits per heavy atom. The van der Waals surface area contributed by atoms with Gasteiger partial charge in [-0.25, -0.2) is 18.4 Å². The number of likely N-dealkylation sites (N-methyl/N-ethyl adjacent to an activating group) is 1. The number of pyridine rings is 1. The highest BCUT2D eigenvalue weighted by atomic mass is 32.2. The third-order valence-corrected chi connectivity index (χ3v) is 8.86. The molecule has 2 aromatic heterocycles. The van der Waals surface area contributed by atoms with Crippen molar-refractivity contribution in [3.63, 3.8) is 0 Å². The first kappa shape index (κ1) is 31.6. The Balaban J connectivity index is 1.36. The number of aromatic nitrogens is 2. The van der Waals surface area contributed by atoms with E-state index in [9.17, 15) is 22.8 Å². The van der Waals surface area contributed by atoms with Crippen LogP contribution in [0.15, 0.2) is 70.8 Å². The highest BCUT2D eigenvalue weighted by Crippen LogP contribution is 2.33. The molecule has 0 aliphatic heterocycles. The molecule has 0 bridgehead atoms. The van der Waals surface area contributed by atoms with Gasteiger partial charge in [-0.05, 0) is 55.2 Å². The van der Waals surface area contributed by atoms with Gasteiger partial charge in [-0.2, -0.15) is 0 Å². The van der Waals surface area contributed by atoms with Crippen LogP contribution < -0.4 is 15.5 Å². The van der Waals surface area contributed by atoms with Crippen molar-refractivity contribution in [2.75, 3.05) is 42.4 Å². The molecule has 1 aliphatic rings. The van der Waals surface area contributed by atoms with Gasteiger partial charge in [0, 0.05) is 41.9 Å². The van der Waals surface area contributed by atoms with Crippen LogP contribution in [0, 0.1) is 5.92 Å². The van der Waals surface area contributed by atoms with Crippen molar-refractivity contribution in [3.8, 4) is 22.4 Å². The monoisotopic (exact) mass is 623 g/mol. The van der Waals surface area contributed by atoms with E-state index in [4.69, 9.17) is 5.11 Å². The number of rotatable bonds is 12. The van der Waals surface area contributed by atoms with Gasteiger partial charge in [-0.15, -0.1) is 11.3 Å². The number of sulfone groups is 1. The van der Waals surface area contributed by atoms with Crippen molar-refractivity contribution in [3.05, 3.63) is 70.8 Å². The Bertz CT molecular complexity index is 1730. The molecule has 0 saturated carbocycles. The molecule has 4 rings (SSSR count). The number of hydrogen-bond donors (Lipinski definition) is 3. The first-order chi connectivity index (χ1) is 20.3. The van der Waals surface area contributed by atoms with Gasteiger partial charge in [0.1, 0.15) is 22.2 Å². The van der Waals surface area contributed by atoms with E-state index >= 15 is 0 Å². The van der Waals surface area contributed by atoms with Gasteiger partial charge in [0.25, 0.3) is 5.91 Å². The molecule has 2 amide bonds. The van der Waals surface area contributed by atoms with Gasteiger partial charge < -0.3 is 20.6 Å². The number of carboxylic acid groups (broad SMARTS) is 1. The fourth-order valence-corrected chi connectivity index (χ4v) is 6.08. The number of aliphatic carboxylic acids is 1. The van der Waals surface area contributed by atoms with Gasteiger partial charge in [-0.3, -0.25) is 14.4 Å². The molecule has 2 heterocycles. The van der Waals surface area contributed by atoms with Crippen LogP contribution in [0.4, 0.5) is 10.9 Å². The lowest BCUT2D eigenvalue weighted by Gasteiger charge is -2.16. The summed E-state index contributed by atoms with van der Waals surface area (Å²) in [7, 11) is -1.45. The quantitative estimate of drug-likeness (QED) is 0.273. The van der Waals surface area contributed by atoms with Crippen LogP contribution in [0.2, 0.25) is 0 Å². The molecular weight excluding hydrogens is 590 g/mol. The second-order valence-corrected chi connectivity index (χ2v) is 13.5. The highest BCUT2D eigenvalue weighted by Gasteiger charge is 2.26. The number of nitrogens with zero attached hydrogens (tertiary/aromatic N) is 3. The Morgan fingerprint density at radius 3 is 2.53 bits per heavy atom. The van der Waals surface area contributed by atoms with E-state index in [0.717, 1.165) is 27.8 Å². The van der Waals surface area contributed by atoms with Gasteiger partial charge in [-0.1, -0.05) is 29.8 Å². The molecule has 0 fully saturated rings. The van der Waals surface area contributed by atoms with E-state index in [1.54, 1.807) is 24.2 Å². The molecule has 0 saturated heterocycles. The molecule has 1 atom stereocenters. The minimum atomic E-state index is -3.11. The summed E-state index contributed by atoms with van der Waals surface area (Å²) in [5, 5.41) is 16.6. The summed E-state index contributed by atoms with van der Waals surface area (Å²) in [6.45, 7) is 3.28. The van der Waals surface area contributed by atoms with Crippen LogP contribution in [0.5, 0.6) is 0 Å². The van der Waals surface area contributed by atoms with Crippen molar-refractivity contribution in [1.29, 1.82) is 0 Å². The largest absolute Gasteiger partial charge is 0.480 e. The fourth-order valence-electron chi connectivity index (χ4n) is 4.66. The summed E-state index contributed by atoms with van der Waals surface area (Å²) in [5.41, 5.74) is 5.45. The molecule has 43 heavy (non-hydrogen) atoms. The average Bonchev–Trinajstić information content (AvgIpc) is 3.54. The Labute approximate surface area is 254 Å². The topological polar surface area (TPSA) is 159 Å². The van der Waals surface area contributed by atoms with Gasteiger partial charge in [0.2, 0.25) is 5.91 Å². The summed E-state index contributed by atoms with van der Waals surface area (Å²) in [6.07, 6.45) is 4.99. The molecular formula is C30H33N5O6S2. The molecule has 11 nitrogen and oxygen atoms in total. The summed E-state index contributed by atoms with van der Waals surface area (Å²) >= 11 is 1.26. The predicted molar refractivity (Wildman–Crippen MR) is 168 cm³/mol. The number of thiazole rings is 1. The number of amides is 2. The molecule has 3 N–H and O–H groups in total. The van der Waals surface area contributed by atoms with Crippen molar-refractivity contribution in [2.45, 2.75) is 20.3 Å². The van der Waals surface area contributed by atoms with E-state index < -0.39 is 21.7 Å². The first-order valence-electron chi connectivity index (χ1n) is 13.4. The van der Waals surface area contributed by atoms with Crippen LogP contribution in [0.3, 0.4) is 0 Å². The second-order valence-electron chi connectivity index (χ2n) is 10.4. The number of carbonyl (C=O) groups excluding carboxylic acids is 2. The minimum Gasteiger partial charge on any atom is -0.480 e. The second kappa shape index (κ2) is 13.3. The van der Waals surface area contributed by atoms with E-state index in [1.165, 1.54) is 17.6 Å². The number of allylic oxidation sites excluding steroid dienone is 2. The van der Waals surface area contributed by atoms with Gasteiger partial charge in [0.05, 0.1) is 18.0 Å². The summed E-state index contributed by atoms with van der Waals surface area (Å²) in [4.78, 5) is 46.8. The molecule has 0 spiro atoms. The Hall–Kier alpha value is -4.36. The maximum Gasteiger partial charge on any atom is 0.323 e. The van der Waals surface area contributed by atoms with Gasteiger partial charge in [0.15, 0.2) is 5.13 Å². The lowest BCUT2D eigenvalue weighted by molar-refractivity contribution is -0.135. The van der Waals surface area contributed by atoms with Gasteiger partial charge >= 0.3 is 5.97 Å². The third kappa shape index (κ3) is 8.36. The number of benzene rings is 1. The van der Waals surface area contributed by atoms with Crippen LogP contribution in [-0.4, -0.2) is 73.4 Å². The molecule has 1 aliphatic carbocycles. The fraction of sp³-hybridized carbons (Fsp3) is 0.300. The van der Waals surface area contributed by atoms with E-state index in [2.05, 4.69) is 20.6 Å². The SMILES string of the molecule is CC1=C(C)C(CCS(C)(=O)=O)C=C1C(=O)NCC(=O)Nc1nc(-c2cccc(-c3ccnc(N(C)CC(=O)O)c3)c2)cs1. The third-order valence-electron chi connectivity index (χ3n) is 7.12. The number of carbonyl (C=O) groups is 3. The molecule has 1 aromatic carbocycles. The number of nitrogens with one attached hydrogen (secondary N) is 2. The van der Waals surface area contributed by atoms with E-state index in [-0.39, 0.29) is 30.7 Å². The van der Waals surface area contributed by atoms with Crippen molar-refractivity contribution in [1.82, 2.24) is 15.3 Å². The zero-order valence-electron chi connectivity index (χ0n) is 24.2. The van der Waals surface area contributed by atoms with Crippen LogP contribution in [-0.2, 0) is 24.2 Å². The summed E-state index contributed by atoms with van der Waals surface area (Å²) in [5.74, 6) is -1.32. The standard InChI is InChI=1S/C30H33N5O6S2/c1-18-19(2)24(13-20(18)9-11-43(4,40)41)29(39)32-15-27(36)34-30-33-25(17-42-30)23-7-5-6-21(12-23)22-8-10-31-26(14-22)35(3)16-28(37)38/h5-8,10,12-14,17,20H,9,11,15-16H2,1-4H3,(H,32,39)(H,37,38)(H,33,34,36). The Kier molecular flexibility index (Phi) is 9.77. The zero-order chi connectivity index (χ0) is 31.3. The predicted octanol–water partition coefficient (Wildman–Crippen LogP) is 3.77. The first-order valence-corrected chi connectivity index (χ1v) is 16.4. The maximum atomic E-state index is 12.8. The van der Waals surface area contributed by atoms with Crippen LogP contribution in [0.1, 0.15) is 20.3 Å². The van der Waals surface area contributed by atoms with E-state index in [1.807, 2.05) is 55.6 Å². The molecule has 13 heteroatoms. The van der Waals surface area contributed by atoms with Crippen molar-refractivity contribution in [2.24, 2.45) is 5.92 Å². The van der Waals surface area contributed by atoms with Crippen molar-refractivity contribution >= 4 is 49.9 Å². The smallest absolute Gasteiger partial charge is 0.323 e. The normalized spacial score (nSPS) is 14.8.